The van der Waals surface area contributed by atoms with Crippen LogP contribution in [0.1, 0.15) is 24.4 Å². The Morgan fingerprint density at radius 2 is 2.06 bits per heavy atom. The van der Waals surface area contributed by atoms with Crippen LogP contribution < -0.4 is 10.6 Å². The highest BCUT2D eigenvalue weighted by molar-refractivity contribution is 6.11. The Kier molecular flexibility index (Phi) is 7.37. The van der Waals surface area contributed by atoms with Crippen molar-refractivity contribution in [2.45, 2.75) is 18.9 Å². The summed E-state index contributed by atoms with van der Waals surface area (Å²) in [5, 5.41) is 14.9. The van der Waals surface area contributed by atoms with Crippen molar-refractivity contribution in [3.05, 3.63) is 42.1 Å². The van der Waals surface area contributed by atoms with Crippen LogP contribution in [0.3, 0.4) is 0 Å². The monoisotopic (exact) mass is 464 g/mol. The highest BCUT2D eigenvalue weighted by atomic mass is 16.5. The van der Waals surface area contributed by atoms with E-state index >= 15 is 0 Å². The summed E-state index contributed by atoms with van der Waals surface area (Å²) in [5.74, 6) is 5.57. The number of nitrogens with zero attached hydrogens (tertiary/aromatic N) is 2. The lowest BCUT2D eigenvalue weighted by molar-refractivity contribution is -0.135. The number of fused-ring (bicyclic) bond motifs is 3. The Bertz CT molecular complexity index is 1290. The smallest absolute Gasteiger partial charge is 0.404 e. The quantitative estimate of drug-likeness (QED) is 0.263. The van der Waals surface area contributed by atoms with Crippen molar-refractivity contribution in [3.63, 3.8) is 0 Å². The summed E-state index contributed by atoms with van der Waals surface area (Å²) in [6, 6.07) is 8.99. The van der Waals surface area contributed by atoms with Crippen LogP contribution in [0.2, 0.25) is 0 Å². The van der Waals surface area contributed by atoms with Gasteiger partial charge in [-0.1, -0.05) is 17.9 Å². The number of carboxylic acid groups (broad SMARTS) is 1. The third-order valence-corrected chi connectivity index (χ3v) is 5.40. The van der Waals surface area contributed by atoms with Crippen molar-refractivity contribution in [3.8, 4) is 11.8 Å². The molecule has 10 heteroatoms. The van der Waals surface area contributed by atoms with Gasteiger partial charge in [0, 0.05) is 35.5 Å². The number of hydrogen-bond acceptors (Lipinski definition) is 6. The van der Waals surface area contributed by atoms with Gasteiger partial charge in [0.1, 0.15) is 18.3 Å². The van der Waals surface area contributed by atoms with E-state index in [1.54, 1.807) is 6.20 Å². The topological polar surface area (TPSA) is 132 Å². The molecular formula is C24H24N4O6. The van der Waals surface area contributed by atoms with E-state index in [0.29, 0.717) is 25.3 Å². The first kappa shape index (κ1) is 23.2. The highest BCUT2D eigenvalue weighted by Crippen LogP contribution is 2.34. The number of carbonyl (C=O) groups is 3. The number of rotatable bonds is 8. The van der Waals surface area contributed by atoms with Gasteiger partial charge in [-0.2, -0.15) is 0 Å². The lowest BCUT2D eigenvalue weighted by Gasteiger charge is -2.23. The van der Waals surface area contributed by atoms with Crippen molar-refractivity contribution >= 4 is 39.8 Å². The molecule has 34 heavy (non-hydrogen) atoms. The van der Waals surface area contributed by atoms with Crippen molar-refractivity contribution in [1.29, 1.82) is 0 Å². The second-order valence-corrected chi connectivity index (χ2v) is 7.61. The third kappa shape index (κ3) is 5.17. The summed E-state index contributed by atoms with van der Waals surface area (Å²) in [7, 11) is 0. The van der Waals surface area contributed by atoms with Gasteiger partial charge in [0.2, 0.25) is 11.8 Å². The fourth-order valence-electron chi connectivity index (χ4n) is 3.97. The molecular weight excluding hydrogens is 440 g/mol. The van der Waals surface area contributed by atoms with E-state index in [0.717, 1.165) is 21.9 Å². The van der Waals surface area contributed by atoms with E-state index in [-0.39, 0.29) is 38.0 Å². The average Bonchev–Trinajstić information content (AvgIpc) is 3.15. The number of amides is 3. The summed E-state index contributed by atoms with van der Waals surface area (Å²) in [5.41, 5.74) is 2.30. The molecule has 0 aliphatic carbocycles. The lowest BCUT2D eigenvalue weighted by atomic mass is 10.1. The zero-order chi connectivity index (χ0) is 23.9. The van der Waals surface area contributed by atoms with Gasteiger partial charge in [0.15, 0.2) is 0 Å². The van der Waals surface area contributed by atoms with Gasteiger partial charge in [-0.25, -0.2) is 9.78 Å². The molecule has 0 spiro atoms. The molecule has 1 fully saturated rings. The summed E-state index contributed by atoms with van der Waals surface area (Å²) in [6.07, 6.45) is 1.29. The van der Waals surface area contributed by atoms with Crippen LogP contribution in [0.25, 0.3) is 21.9 Å². The number of pyridine rings is 1. The minimum atomic E-state index is -1.08. The van der Waals surface area contributed by atoms with Gasteiger partial charge < -0.3 is 24.5 Å². The predicted molar refractivity (Wildman–Crippen MR) is 123 cm³/mol. The summed E-state index contributed by atoms with van der Waals surface area (Å²) in [4.78, 5) is 39.1. The van der Waals surface area contributed by atoms with Crippen LogP contribution in [0.15, 0.2) is 36.5 Å². The maximum Gasteiger partial charge on any atom is 0.404 e. The Hall–Kier alpha value is -3.94. The first-order valence-corrected chi connectivity index (χ1v) is 10.9. The normalized spacial score (nSPS) is 15.7. The molecule has 1 aliphatic heterocycles. The number of ether oxygens (including phenoxy) is 2. The summed E-state index contributed by atoms with van der Waals surface area (Å²) < 4.78 is 12.6. The van der Waals surface area contributed by atoms with Gasteiger partial charge in [0.05, 0.1) is 25.3 Å². The van der Waals surface area contributed by atoms with Crippen LogP contribution in [-0.4, -0.2) is 65.5 Å². The van der Waals surface area contributed by atoms with Gasteiger partial charge in [-0.3, -0.25) is 14.9 Å². The molecule has 3 N–H and O–H groups in total. The second-order valence-electron chi connectivity index (χ2n) is 7.61. The molecule has 1 aromatic carbocycles. The van der Waals surface area contributed by atoms with Crippen LogP contribution in [0.5, 0.6) is 0 Å². The van der Waals surface area contributed by atoms with E-state index in [9.17, 15) is 14.4 Å². The van der Waals surface area contributed by atoms with Crippen LogP contribution in [0, 0.1) is 11.8 Å². The maximum atomic E-state index is 12.6. The SMILES string of the molecule is O=C(O)NCCOCCOCC#Cc1cccc2c1c1cccnc1n2[C@H]1CCC(=O)NC1=O. The molecule has 3 amide bonds. The second kappa shape index (κ2) is 10.8. The van der Waals surface area contributed by atoms with Gasteiger partial charge in [-0.05, 0) is 30.7 Å². The number of carbonyl (C=O) groups excluding carboxylic acids is 2. The van der Waals surface area contributed by atoms with Crippen LogP contribution in [-0.2, 0) is 19.1 Å². The molecule has 4 rings (SSSR count). The fourth-order valence-corrected chi connectivity index (χ4v) is 3.97. The molecule has 1 aliphatic rings. The van der Waals surface area contributed by atoms with Gasteiger partial charge in [-0.15, -0.1) is 0 Å². The van der Waals surface area contributed by atoms with Gasteiger partial charge in [0.25, 0.3) is 0 Å². The van der Waals surface area contributed by atoms with E-state index in [2.05, 4.69) is 27.5 Å². The van der Waals surface area contributed by atoms with Crippen molar-refractivity contribution in [2.75, 3.05) is 33.0 Å². The van der Waals surface area contributed by atoms with Crippen molar-refractivity contribution in [2.24, 2.45) is 0 Å². The Morgan fingerprint density at radius 3 is 2.88 bits per heavy atom. The third-order valence-electron chi connectivity index (χ3n) is 5.40. The Labute approximate surface area is 195 Å². The minimum Gasteiger partial charge on any atom is -0.465 e. The zero-order valence-electron chi connectivity index (χ0n) is 18.4. The Morgan fingerprint density at radius 1 is 1.21 bits per heavy atom. The predicted octanol–water partition coefficient (Wildman–Crippen LogP) is 1.82. The van der Waals surface area contributed by atoms with E-state index in [1.165, 1.54) is 0 Å². The molecule has 0 unspecified atom stereocenters. The molecule has 10 nitrogen and oxygen atoms in total. The highest BCUT2D eigenvalue weighted by Gasteiger charge is 2.31. The number of aromatic nitrogens is 2. The standard InChI is InChI=1S/C24H24N4O6/c29-20-9-8-19(23(30)27-20)28-18-7-1-4-16(21(18)17-6-2-10-25-22(17)28)5-3-12-33-14-15-34-13-11-26-24(31)32/h1-2,4,6-7,10,19,26H,8-9,11-15H2,(H,31,32)(H,27,29,30)/t19-/m0/s1. The molecule has 0 saturated carbocycles. The summed E-state index contributed by atoms with van der Waals surface area (Å²) in [6.45, 7) is 1.38. The molecule has 176 valence electrons. The van der Waals surface area contributed by atoms with Crippen LogP contribution in [0.4, 0.5) is 4.79 Å². The Balaban J connectivity index is 1.49. The first-order valence-electron chi connectivity index (χ1n) is 10.9. The molecule has 1 atom stereocenters. The first-order chi connectivity index (χ1) is 16.6. The number of hydrogen-bond donors (Lipinski definition) is 3. The largest absolute Gasteiger partial charge is 0.465 e. The molecule has 3 heterocycles. The van der Waals surface area contributed by atoms with Crippen molar-refractivity contribution < 1.29 is 29.0 Å². The minimum absolute atomic E-state index is 0.206. The lowest BCUT2D eigenvalue weighted by Crippen LogP contribution is -2.41. The zero-order valence-corrected chi connectivity index (χ0v) is 18.4. The number of nitrogens with one attached hydrogen (secondary N) is 2. The number of benzene rings is 1. The maximum absolute atomic E-state index is 12.6. The van der Waals surface area contributed by atoms with Gasteiger partial charge >= 0.3 is 6.09 Å². The van der Waals surface area contributed by atoms with Crippen LogP contribution >= 0.6 is 0 Å². The molecule has 3 aromatic rings. The average molecular weight is 464 g/mol. The van der Waals surface area contributed by atoms with E-state index < -0.39 is 12.1 Å². The molecule has 2 aromatic heterocycles. The van der Waals surface area contributed by atoms with E-state index in [1.807, 2.05) is 34.9 Å². The van der Waals surface area contributed by atoms with E-state index in [4.69, 9.17) is 14.6 Å². The van der Waals surface area contributed by atoms with Crippen molar-refractivity contribution in [1.82, 2.24) is 20.2 Å². The summed E-state index contributed by atoms with van der Waals surface area (Å²) >= 11 is 0. The number of imide groups is 1. The molecule has 1 saturated heterocycles. The number of piperidine rings is 1. The fraction of sp³-hybridized carbons (Fsp3) is 0.333. The molecule has 0 bridgehead atoms. The molecule has 0 radical (unpaired) electrons.